The minimum Gasteiger partial charge on any atom is -0.483 e. The summed E-state index contributed by atoms with van der Waals surface area (Å²) >= 11 is 0. The van der Waals surface area contributed by atoms with Crippen LogP contribution in [-0.4, -0.2) is 35.4 Å². The number of rotatable bonds is 9. The van der Waals surface area contributed by atoms with E-state index in [0.29, 0.717) is 5.75 Å². The van der Waals surface area contributed by atoms with Gasteiger partial charge >= 0.3 is 0 Å². The van der Waals surface area contributed by atoms with Gasteiger partial charge in [-0.2, -0.15) is 0 Å². The molecule has 162 valence electrons. The van der Waals surface area contributed by atoms with Crippen LogP contribution in [0, 0.1) is 19.7 Å². The molecule has 0 spiro atoms. The van der Waals surface area contributed by atoms with E-state index in [9.17, 15) is 14.0 Å². The van der Waals surface area contributed by atoms with Crippen LogP contribution >= 0.6 is 0 Å². The zero-order valence-electron chi connectivity index (χ0n) is 18.4. The highest BCUT2D eigenvalue weighted by Gasteiger charge is 2.27. The van der Waals surface area contributed by atoms with Gasteiger partial charge in [0.15, 0.2) is 6.61 Å². The van der Waals surface area contributed by atoms with E-state index in [1.54, 1.807) is 19.1 Å². The number of hydrogen-bond acceptors (Lipinski definition) is 3. The highest BCUT2D eigenvalue weighted by molar-refractivity contribution is 5.88. The first kappa shape index (κ1) is 23.4. The normalized spacial score (nSPS) is 12.7. The fraction of sp³-hybridized carbons (Fsp3) is 0.417. The molecule has 30 heavy (non-hydrogen) atoms. The number of carbonyl (C=O) groups excluding carboxylic acids is 2. The second-order valence-electron chi connectivity index (χ2n) is 7.70. The molecule has 2 aromatic rings. The molecule has 0 aliphatic carbocycles. The van der Waals surface area contributed by atoms with Crippen molar-refractivity contribution in [1.82, 2.24) is 10.2 Å². The number of nitrogens with one attached hydrogen (secondary N) is 1. The Morgan fingerprint density at radius 2 is 1.77 bits per heavy atom. The summed E-state index contributed by atoms with van der Waals surface area (Å²) in [4.78, 5) is 27.2. The van der Waals surface area contributed by atoms with E-state index in [1.165, 1.54) is 17.0 Å². The highest BCUT2D eigenvalue weighted by Crippen LogP contribution is 2.19. The summed E-state index contributed by atoms with van der Waals surface area (Å²) in [6.07, 6.45) is 0.792. The molecule has 0 heterocycles. The van der Waals surface area contributed by atoms with E-state index in [1.807, 2.05) is 45.9 Å². The van der Waals surface area contributed by atoms with Crippen molar-refractivity contribution in [3.8, 4) is 5.75 Å². The van der Waals surface area contributed by atoms with Gasteiger partial charge in [0.05, 0.1) is 0 Å². The maximum absolute atomic E-state index is 13.3. The van der Waals surface area contributed by atoms with Gasteiger partial charge in [0.1, 0.15) is 17.6 Å². The molecule has 5 nitrogen and oxygen atoms in total. The van der Waals surface area contributed by atoms with Crippen LogP contribution in [-0.2, 0) is 16.1 Å². The van der Waals surface area contributed by atoms with Crippen molar-refractivity contribution in [2.45, 2.75) is 59.7 Å². The Morgan fingerprint density at radius 1 is 1.10 bits per heavy atom. The van der Waals surface area contributed by atoms with Crippen molar-refractivity contribution in [2.75, 3.05) is 6.61 Å². The number of hydrogen-bond donors (Lipinski definition) is 1. The predicted octanol–water partition coefficient (Wildman–Crippen LogP) is 4.15. The fourth-order valence-electron chi connectivity index (χ4n) is 2.92. The number of aryl methyl sites for hydroxylation is 2. The third kappa shape index (κ3) is 6.58. The number of ether oxygens (including phenoxy) is 1. The molecule has 2 aromatic carbocycles. The van der Waals surface area contributed by atoms with E-state index in [2.05, 4.69) is 5.32 Å². The molecule has 0 fully saturated rings. The molecule has 2 amide bonds. The lowest BCUT2D eigenvalue weighted by atomic mass is 10.1. The Kier molecular flexibility index (Phi) is 8.39. The van der Waals surface area contributed by atoms with Gasteiger partial charge in [0.25, 0.3) is 5.91 Å². The third-order valence-electron chi connectivity index (χ3n) is 5.13. The van der Waals surface area contributed by atoms with Crippen LogP contribution < -0.4 is 10.1 Å². The second kappa shape index (κ2) is 10.8. The van der Waals surface area contributed by atoms with Crippen LogP contribution in [0.5, 0.6) is 5.75 Å². The minimum absolute atomic E-state index is 0.00826. The first-order valence-corrected chi connectivity index (χ1v) is 10.3. The summed E-state index contributed by atoms with van der Waals surface area (Å²) < 4.78 is 19.0. The summed E-state index contributed by atoms with van der Waals surface area (Å²) in [6.45, 7) is 9.46. The van der Waals surface area contributed by atoms with Gasteiger partial charge in [0.2, 0.25) is 5.91 Å². The van der Waals surface area contributed by atoms with E-state index in [-0.39, 0.29) is 36.8 Å². The zero-order valence-corrected chi connectivity index (χ0v) is 18.4. The molecule has 0 saturated carbocycles. The van der Waals surface area contributed by atoms with E-state index >= 15 is 0 Å². The molecule has 2 unspecified atom stereocenters. The van der Waals surface area contributed by atoms with Crippen LogP contribution in [0.4, 0.5) is 4.39 Å². The topological polar surface area (TPSA) is 58.6 Å². The summed E-state index contributed by atoms with van der Waals surface area (Å²) in [5.41, 5.74) is 2.70. The van der Waals surface area contributed by atoms with Crippen molar-refractivity contribution < 1.29 is 18.7 Å². The Labute approximate surface area is 178 Å². The summed E-state index contributed by atoms with van der Waals surface area (Å²) in [7, 11) is 0. The first-order chi connectivity index (χ1) is 14.2. The average Bonchev–Trinajstić information content (AvgIpc) is 2.73. The molecule has 0 aliphatic heterocycles. The van der Waals surface area contributed by atoms with Gasteiger partial charge < -0.3 is 15.0 Å². The third-order valence-corrected chi connectivity index (χ3v) is 5.13. The second-order valence-corrected chi connectivity index (χ2v) is 7.70. The van der Waals surface area contributed by atoms with Crippen LogP contribution in [0.3, 0.4) is 0 Å². The lowest BCUT2D eigenvalue weighted by Gasteiger charge is -2.29. The zero-order chi connectivity index (χ0) is 22.3. The van der Waals surface area contributed by atoms with Crippen LogP contribution in [0.2, 0.25) is 0 Å². The van der Waals surface area contributed by atoms with Crippen molar-refractivity contribution in [3.05, 3.63) is 65.0 Å². The first-order valence-electron chi connectivity index (χ1n) is 10.3. The van der Waals surface area contributed by atoms with Gasteiger partial charge in [-0.3, -0.25) is 9.59 Å². The maximum Gasteiger partial charge on any atom is 0.261 e. The van der Waals surface area contributed by atoms with E-state index < -0.39 is 6.04 Å². The molecule has 0 radical (unpaired) electrons. The molecule has 0 saturated heterocycles. The predicted molar refractivity (Wildman–Crippen MR) is 116 cm³/mol. The van der Waals surface area contributed by atoms with Crippen LogP contribution in [0.1, 0.15) is 43.9 Å². The smallest absolute Gasteiger partial charge is 0.261 e. The molecular formula is C24H31FN2O3. The van der Waals surface area contributed by atoms with Crippen molar-refractivity contribution in [1.29, 1.82) is 0 Å². The SMILES string of the molecule is CCC(C)NC(=O)C(C)N(Cc1ccc(F)cc1)C(=O)COc1cc(C)ccc1C. The maximum atomic E-state index is 13.3. The van der Waals surface area contributed by atoms with Crippen LogP contribution in [0.25, 0.3) is 0 Å². The number of amides is 2. The number of carbonyl (C=O) groups is 2. The number of nitrogens with zero attached hydrogens (tertiary/aromatic N) is 1. The number of benzene rings is 2. The van der Waals surface area contributed by atoms with Gasteiger partial charge in [-0.15, -0.1) is 0 Å². The Bertz CT molecular complexity index is 867. The molecular weight excluding hydrogens is 383 g/mol. The largest absolute Gasteiger partial charge is 0.483 e. The molecule has 0 aromatic heterocycles. The van der Waals surface area contributed by atoms with Gasteiger partial charge in [-0.1, -0.05) is 31.2 Å². The Hall–Kier alpha value is -2.89. The highest BCUT2D eigenvalue weighted by atomic mass is 19.1. The van der Waals surface area contributed by atoms with E-state index in [0.717, 1.165) is 23.1 Å². The fourth-order valence-corrected chi connectivity index (χ4v) is 2.92. The van der Waals surface area contributed by atoms with Crippen molar-refractivity contribution in [2.24, 2.45) is 0 Å². The number of halogens is 1. The standard InChI is InChI=1S/C24H31FN2O3/c1-6-18(4)26-24(29)19(5)27(14-20-9-11-21(25)12-10-20)23(28)15-30-22-13-16(2)7-8-17(22)3/h7-13,18-19H,6,14-15H2,1-5H3,(H,26,29). The quantitative estimate of drug-likeness (QED) is 0.671. The summed E-state index contributed by atoms with van der Waals surface area (Å²) in [5, 5.41) is 2.92. The summed E-state index contributed by atoms with van der Waals surface area (Å²) in [6, 6.07) is 11.0. The van der Waals surface area contributed by atoms with Crippen LogP contribution in [0.15, 0.2) is 42.5 Å². The molecule has 0 bridgehead atoms. The minimum atomic E-state index is -0.696. The average molecular weight is 415 g/mol. The van der Waals surface area contributed by atoms with E-state index in [4.69, 9.17) is 4.74 Å². The molecule has 2 rings (SSSR count). The van der Waals surface area contributed by atoms with Gasteiger partial charge in [-0.25, -0.2) is 4.39 Å². The lowest BCUT2D eigenvalue weighted by molar-refractivity contribution is -0.142. The monoisotopic (exact) mass is 414 g/mol. The van der Waals surface area contributed by atoms with Crippen molar-refractivity contribution in [3.63, 3.8) is 0 Å². The van der Waals surface area contributed by atoms with Gasteiger partial charge in [-0.05, 0) is 69.0 Å². The molecule has 2 atom stereocenters. The Morgan fingerprint density at radius 3 is 2.40 bits per heavy atom. The Balaban J connectivity index is 2.17. The lowest BCUT2D eigenvalue weighted by Crippen LogP contribution is -2.50. The molecule has 1 N–H and O–H groups in total. The molecule has 0 aliphatic rings. The summed E-state index contributed by atoms with van der Waals surface area (Å²) in [5.74, 6) is -0.252. The van der Waals surface area contributed by atoms with Crippen molar-refractivity contribution >= 4 is 11.8 Å². The van der Waals surface area contributed by atoms with Gasteiger partial charge in [0, 0.05) is 12.6 Å². The molecule has 6 heteroatoms.